The highest BCUT2D eigenvalue weighted by Crippen LogP contribution is 2.26. The molecule has 0 bridgehead atoms. The number of nitriles is 1. The normalized spacial score (nSPS) is 18.4. The molecule has 0 aliphatic carbocycles. The van der Waals surface area contributed by atoms with E-state index < -0.39 is 11.0 Å². The smallest absolute Gasteiger partial charge is 0.284 e. The molecule has 104 valence electrons. The standard InChI is InChI=1S/C12H10BrN3O4/c13-10-2-1-8(5-11(10)16(18)19)12(17)15-3-4-20-9(6-14)7-15/h1-2,5,9H,3-4,7H2. The van der Waals surface area contributed by atoms with Crippen LogP contribution in [0.1, 0.15) is 10.4 Å². The Bertz CT molecular complexity index is 599. The Morgan fingerprint density at radius 3 is 3.00 bits per heavy atom. The number of benzene rings is 1. The van der Waals surface area contributed by atoms with E-state index in [0.29, 0.717) is 11.0 Å². The van der Waals surface area contributed by atoms with Crippen LogP contribution >= 0.6 is 15.9 Å². The molecule has 0 saturated carbocycles. The van der Waals surface area contributed by atoms with Crippen molar-refractivity contribution in [2.75, 3.05) is 19.7 Å². The second-order valence-electron chi connectivity index (χ2n) is 4.16. The average Bonchev–Trinajstić information content (AvgIpc) is 2.46. The van der Waals surface area contributed by atoms with Gasteiger partial charge in [-0.05, 0) is 28.1 Å². The first-order valence-corrected chi connectivity index (χ1v) is 6.56. The minimum absolute atomic E-state index is 0.166. The van der Waals surface area contributed by atoms with E-state index in [-0.39, 0.29) is 30.3 Å². The van der Waals surface area contributed by atoms with E-state index >= 15 is 0 Å². The molecule has 8 heteroatoms. The van der Waals surface area contributed by atoms with Crippen LogP contribution in [0.3, 0.4) is 0 Å². The summed E-state index contributed by atoms with van der Waals surface area (Å²) in [7, 11) is 0. The monoisotopic (exact) mass is 339 g/mol. The second kappa shape index (κ2) is 5.98. The summed E-state index contributed by atoms with van der Waals surface area (Å²) in [5.74, 6) is -0.343. The molecule has 1 amide bonds. The topological polar surface area (TPSA) is 96.5 Å². The molecule has 7 nitrogen and oxygen atoms in total. The van der Waals surface area contributed by atoms with Gasteiger partial charge in [-0.3, -0.25) is 14.9 Å². The number of carbonyl (C=O) groups is 1. The van der Waals surface area contributed by atoms with E-state index in [0.717, 1.165) is 0 Å². The highest BCUT2D eigenvalue weighted by atomic mass is 79.9. The molecule has 0 aromatic heterocycles. The van der Waals surface area contributed by atoms with Crippen LogP contribution < -0.4 is 0 Å². The lowest BCUT2D eigenvalue weighted by Gasteiger charge is -2.29. The van der Waals surface area contributed by atoms with Crippen LogP contribution in [0.2, 0.25) is 0 Å². The number of nitrogens with zero attached hydrogens (tertiary/aromatic N) is 3. The Hall–Kier alpha value is -1.98. The summed E-state index contributed by atoms with van der Waals surface area (Å²) in [5.41, 5.74) is 0.0550. The van der Waals surface area contributed by atoms with Crippen molar-refractivity contribution in [1.29, 1.82) is 5.26 Å². The Morgan fingerprint density at radius 1 is 1.60 bits per heavy atom. The summed E-state index contributed by atoms with van der Waals surface area (Å²) in [6.45, 7) is 0.808. The Balaban J connectivity index is 2.23. The van der Waals surface area contributed by atoms with Gasteiger partial charge < -0.3 is 9.64 Å². The van der Waals surface area contributed by atoms with Gasteiger partial charge in [0.05, 0.1) is 28.6 Å². The van der Waals surface area contributed by atoms with Crippen LogP contribution in [-0.2, 0) is 4.74 Å². The first kappa shape index (κ1) is 14.4. The number of hydrogen-bond acceptors (Lipinski definition) is 5. The summed E-state index contributed by atoms with van der Waals surface area (Å²) in [6.07, 6.45) is -0.655. The zero-order valence-electron chi connectivity index (χ0n) is 10.3. The highest BCUT2D eigenvalue weighted by molar-refractivity contribution is 9.10. The second-order valence-corrected chi connectivity index (χ2v) is 5.02. The lowest BCUT2D eigenvalue weighted by molar-refractivity contribution is -0.385. The van der Waals surface area contributed by atoms with Crippen LogP contribution in [-0.4, -0.2) is 41.5 Å². The fraction of sp³-hybridized carbons (Fsp3) is 0.333. The maximum absolute atomic E-state index is 12.3. The molecule has 20 heavy (non-hydrogen) atoms. The number of nitro benzene ring substituents is 1. The predicted molar refractivity (Wildman–Crippen MR) is 72.1 cm³/mol. The fourth-order valence-corrected chi connectivity index (χ4v) is 2.27. The van der Waals surface area contributed by atoms with Gasteiger partial charge in [0.1, 0.15) is 0 Å². The molecule has 1 fully saturated rings. The maximum atomic E-state index is 12.3. The maximum Gasteiger partial charge on any atom is 0.284 e. The van der Waals surface area contributed by atoms with E-state index in [1.807, 2.05) is 6.07 Å². The van der Waals surface area contributed by atoms with Crippen LogP contribution in [0.4, 0.5) is 5.69 Å². The Morgan fingerprint density at radius 2 is 2.35 bits per heavy atom. The fourth-order valence-electron chi connectivity index (χ4n) is 1.88. The largest absolute Gasteiger partial charge is 0.360 e. The van der Waals surface area contributed by atoms with Gasteiger partial charge in [-0.2, -0.15) is 5.26 Å². The van der Waals surface area contributed by atoms with Crippen LogP contribution in [0.15, 0.2) is 22.7 Å². The summed E-state index contributed by atoms with van der Waals surface area (Å²) in [5, 5.41) is 19.7. The third-order valence-corrected chi connectivity index (χ3v) is 3.56. The zero-order valence-corrected chi connectivity index (χ0v) is 11.9. The zero-order chi connectivity index (χ0) is 14.7. The Labute approximate surface area is 123 Å². The molecule has 0 spiro atoms. The lowest BCUT2D eigenvalue weighted by Crippen LogP contribution is -2.45. The van der Waals surface area contributed by atoms with Gasteiger partial charge in [0, 0.05) is 18.2 Å². The molecule has 1 unspecified atom stereocenters. The molecule has 2 rings (SSSR count). The van der Waals surface area contributed by atoms with Gasteiger partial charge in [-0.1, -0.05) is 0 Å². The van der Waals surface area contributed by atoms with E-state index in [9.17, 15) is 14.9 Å². The molecule has 1 atom stereocenters. The molecule has 1 aromatic carbocycles. The van der Waals surface area contributed by atoms with Gasteiger partial charge in [-0.25, -0.2) is 0 Å². The summed E-state index contributed by atoms with van der Waals surface area (Å²) in [6, 6.07) is 6.15. The molecule has 1 saturated heterocycles. The van der Waals surface area contributed by atoms with Crippen LogP contribution in [0.5, 0.6) is 0 Å². The van der Waals surface area contributed by atoms with Crippen LogP contribution in [0, 0.1) is 21.4 Å². The SMILES string of the molecule is N#CC1CN(C(=O)c2ccc(Br)c([N+](=O)[O-])c2)CCO1. The number of ether oxygens (including phenoxy) is 1. The number of rotatable bonds is 2. The van der Waals surface area contributed by atoms with E-state index in [1.165, 1.54) is 23.1 Å². The summed E-state index contributed by atoms with van der Waals surface area (Å²) < 4.78 is 5.47. The van der Waals surface area contributed by atoms with Gasteiger partial charge >= 0.3 is 0 Å². The first-order valence-electron chi connectivity index (χ1n) is 5.77. The summed E-state index contributed by atoms with van der Waals surface area (Å²) >= 11 is 3.07. The van der Waals surface area contributed by atoms with Crippen molar-refractivity contribution in [3.63, 3.8) is 0 Å². The number of morpholine rings is 1. The predicted octanol–water partition coefficient (Wildman–Crippen LogP) is 1.72. The minimum atomic E-state index is -0.655. The van der Waals surface area contributed by atoms with Crippen molar-refractivity contribution in [1.82, 2.24) is 4.90 Å². The molecule has 0 radical (unpaired) electrons. The molecular weight excluding hydrogens is 330 g/mol. The minimum Gasteiger partial charge on any atom is -0.360 e. The van der Waals surface area contributed by atoms with Gasteiger partial charge in [-0.15, -0.1) is 0 Å². The van der Waals surface area contributed by atoms with Gasteiger partial charge in [0.25, 0.3) is 11.6 Å². The van der Waals surface area contributed by atoms with Crippen molar-refractivity contribution in [2.24, 2.45) is 0 Å². The number of amides is 1. The molecule has 1 heterocycles. The van der Waals surface area contributed by atoms with E-state index in [2.05, 4.69) is 15.9 Å². The number of hydrogen-bond donors (Lipinski definition) is 0. The molecular formula is C12H10BrN3O4. The highest BCUT2D eigenvalue weighted by Gasteiger charge is 2.26. The van der Waals surface area contributed by atoms with Crippen molar-refractivity contribution in [2.45, 2.75) is 6.10 Å². The average molecular weight is 340 g/mol. The molecule has 1 aliphatic heterocycles. The Kier molecular flexibility index (Phi) is 4.32. The van der Waals surface area contributed by atoms with Crippen molar-refractivity contribution >= 4 is 27.5 Å². The first-order chi connectivity index (χ1) is 9.52. The van der Waals surface area contributed by atoms with Crippen LogP contribution in [0.25, 0.3) is 0 Å². The van der Waals surface area contributed by atoms with Crippen molar-refractivity contribution in [3.8, 4) is 6.07 Å². The molecule has 1 aliphatic rings. The van der Waals surface area contributed by atoms with Crippen molar-refractivity contribution < 1.29 is 14.5 Å². The lowest BCUT2D eigenvalue weighted by atomic mass is 10.1. The third-order valence-electron chi connectivity index (χ3n) is 2.89. The summed E-state index contributed by atoms with van der Waals surface area (Å²) in [4.78, 5) is 24.0. The van der Waals surface area contributed by atoms with Gasteiger partial charge in [0.2, 0.25) is 0 Å². The third kappa shape index (κ3) is 2.95. The van der Waals surface area contributed by atoms with E-state index in [1.54, 1.807) is 0 Å². The number of carbonyl (C=O) groups excluding carboxylic acids is 1. The quantitative estimate of drug-likeness (QED) is 0.603. The van der Waals surface area contributed by atoms with E-state index in [4.69, 9.17) is 10.00 Å². The molecule has 0 N–H and O–H groups in total. The number of nitro groups is 1. The van der Waals surface area contributed by atoms with Gasteiger partial charge in [0.15, 0.2) is 6.10 Å². The molecule has 1 aromatic rings. The van der Waals surface area contributed by atoms with Crippen molar-refractivity contribution in [3.05, 3.63) is 38.3 Å². The number of halogens is 1.